The van der Waals surface area contributed by atoms with Gasteiger partial charge >= 0.3 is 0 Å². The van der Waals surface area contributed by atoms with Crippen molar-refractivity contribution in [3.8, 4) is 0 Å². The Morgan fingerprint density at radius 3 is 2.80 bits per heavy atom. The van der Waals surface area contributed by atoms with Gasteiger partial charge in [0.05, 0.1) is 0 Å². The van der Waals surface area contributed by atoms with E-state index in [1.54, 1.807) is 0 Å². The smallest absolute Gasteiger partial charge is 0.251 e. The number of nitrogens with zero attached hydrogens (tertiary/aromatic N) is 1. The van der Waals surface area contributed by atoms with E-state index in [-0.39, 0.29) is 12.0 Å². The second-order valence-corrected chi connectivity index (χ2v) is 5.82. The molecule has 0 aliphatic carbocycles. The lowest BCUT2D eigenvalue weighted by Gasteiger charge is -2.29. The Morgan fingerprint density at radius 1 is 1.47 bits per heavy atom. The lowest BCUT2D eigenvalue weighted by Crippen LogP contribution is -2.43. The fourth-order valence-corrected chi connectivity index (χ4v) is 3.25. The van der Waals surface area contributed by atoms with Gasteiger partial charge in [-0.2, -0.15) is 0 Å². The molecule has 2 fully saturated rings. The summed E-state index contributed by atoms with van der Waals surface area (Å²) in [6, 6.07) is 0.354. The SMILES string of the molecule is CC1CC(Br)CN1C(=O)C1CCCCO1. The molecular formula is C11H18BrNO2. The van der Waals surface area contributed by atoms with Gasteiger partial charge in [0.15, 0.2) is 0 Å². The number of hydrogen-bond acceptors (Lipinski definition) is 2. The first kappa shape index (κ1) is 11.4. The van der Waals surface area contributed by atoms with Gasteiger partial charge in [-0.1, -0.05) is 15.9 Å². The molecule has 4 heteroatoms. The molecule has 0 radical (unpaired) electrons. The van der Waals surface area contributed by atoms with Crippen LogP contribution in [0.25, 0.3) is 0 Å². The Bertz CT molecular complexity index is 241. The van der Waals surface area contributed by atoms with Crippen LogP contribution in [-0.2, 0) is 9.53 Å². The highest BCUT2D eigenvalue weighted by molar-refractivity contribution is 9.09. The Balaban J connectivity index is 1.94. The zero-order valence-corrected chi connectivity index (χ0v) is 10.7. The molecule has 3 unspecified atom stereocenters. The van der Waals surface area contributed by atoms with Crippen LogP contribution in [0.1, 0.15) is 32.6 Å². The van der Waals surface area contributed by atoms with E-state index in [1.165, 1.54) is 0 Å². The minimum atomic E-state index is -0.168. The van der Waals surface area contributed by atoms with Gasteiger partial charge in [0.25, 0.3) is 5.91 Å². The number of ether oxygens (including phenoxy) is 1. The first-order valence-corrected chi connectivity index (χ1v) is 6.66. The van der Waals surface area contributed by atoms with Crippen LogP contribution in [0.2, 0.25) is 0 Å². The molecule has 2 saturated heterocycles. The van der Waals surface area contributed by atoms with Gasteiger partial charge in [0.2, 0.25) is 0 Å². The van der Waals surface area contributed by atoms with Crippen molar-refractivity contribution in [3.63, 3.8) is 0 Å². The summed E-state index contributed by atoms with van der Waals surface area (Å²) < 4.78 is 5.53. The topological polar surface area (TPSA) is 29.5 Å². The molecule has 15 heavy (non-hydrogen) atoms. The number of amides is 1. The summed E-state index contributed by atoms with van der Waals surface area (Å²) in [5.41, 5.74) is 0. The number of rotatable bonds is 1. The average molecular weight is 276 g/mol. The number of alkyl halides is 1. The van der Waals surface area contributed by atoms with Crippen LogP contribution in [0.5, 0.6) is 0 Å². The number of halogens is 1. The van der Waals surface area contributed by atoms with Crippen LogP contribution in [0.3, 0.4) is 0 Å². The molecular weight excluding hydrogens is 258 g/mol. The molecule has 2 heterocycles. The summed E-state index contributed by atoms with van der Waals surface area (Å²) in [6.45, 7) is 3.69. The minimum Gasteiger partial charge on any atom is -0.368 e. The highest BCUT2D eigenvalue weighted by atomic mass is 79.9. The molecule has 0 saturated carbocycles. The van der Waals surface area contributed by atoms with E-state index in [4.69, 9.17) is 4.74 Å². The second kappa shape index (κ2) is 4.83. The molecule has 0 spiro atoms. The largest absolute Gasteiger partial charge is 0.368 e. The minimum absolute atomic E-state index is 0.168. The van der Waals surface area contributed by atoms with E-state index >= 15 is 0 Å². The Morgan fingerprint density at radius 2 is 2.27 bits per heavy atom. The number of likely N-dealkylation sites (tertiary alicyclic amines) is 1. The fraction of sp³-hybridized carbons (Fsp3) is 0.909. The van der Waals surface area contributed by atoms with E-state index in [9.17, 15) is 4.79 Å². The summed E-state index contributed by atoms with van der Waals surface area (Å²) in [4.78, 5) is 14.6. The zero-order chi connectivity index (χ0) is 10.8. The van der Waals surface area contributed by atoms with E-state index in [0.29, 0.717) is 10.9 Å². The fourth-order valence-electron chi connectivity index (χ4n) is 2.39. The van der Waals surface area contributed by atoms with Crippen molar-refractivity contribution in [1.29, 1.82) is 0 Å². The van der Waals surface area contributed by atoms with Crippen molar-refractivity contribution in [2.75, 3.05) is 13.2 Å². The molecule has 0 aromatic rings. The Hall–Kier alpha value is -0.0900. The van der Waals surface area contributed by atoms with Gasteiger partial charge in [-0.05, 0) is 32.6 Å². The van der Waals surface area contributed by atoms with Crippen LogP contribution in [-0.4, -0.2) is 40.9 Å². The number of hydrogen-bond donors (Lipinski definition) is 0. The van der Waals surface area contributed by atoms with Gasteiger partial charge in [-0.25, -0.2) is 0 Å². The van der Waals surface area contributed by atoms with E-state index < -0.39 is 0 Å². The Labute approximate surface area is 99.3 Å². The summed E-state index contributed by atoms with van der Waals surface area (Å²) in [7, 11) is 0. The van der Waals surface area contributed by atoms with E-state index in [0.717, 1.165) is 38.8 Å². The van der Waals surface area contributed by atoms with E-state index in [2.05, 4.69) is 22.9 Å². The predicted molar refractivity (Wildman–Crippen MR) is 62.1 cm³/mol. The van der Waals surface area contributed by atoms with Gasteiger partial charge < -0.3 is 9.64 Å². The molecule has 3 atom stereocenters. The summed E-state index contributed by atoms with van der Waals surface area (Å²) in [5.74, 6) is 0.198. The highest BCUT2D eigenvalue weighted by Crippen LogP contribution is 2.25. The zero-order valence-electron chi connectivity index (χ0n) is 9.12. The van der Waals surface area contributed by atoms with Crippen LogP contribution in [0.4, 0.5) is 0 Å². The summed E-state index contributed by atoms with van der Waals surface area (Å²) >= 11 is 3.58. The highest BCUT2D eigenvalue weighted by Gasteiger charge is 2.35. The van der Waals surface area contributed by atoms with Crippen molar-refractivity contribution in [3.05, 3.63) is 0 Å². The molecule has 0 aromatic heterocycles. The van der Waals surface area contributed by atoms with Gasteiger partial charge in [-0.15, -0.1) is 0 Å². The number of carbonyl (C=O) groups excluding carboxylic acids is 1. The van der Waals surface area contributed by atoms with Crippen molar-refractivity contribution in [1.82, 2.24) is 4.90 Å². The molecule has 0 aromatic carbocycles. The van der Waals surface area contributed by atoms with Crippen LogP contribution < -0.4 is 0 Å². The van der Waals surface area contributed by atoms with Crippen molar-refractivity contribution in [2.45, 2.75) is 49.6 Å². The summed E-state index contributed by atoms with van der Waals surface area (Å²) in [5, 5.41) is 0. The predicted octanol–water partition coefficient (Wildman–Crippen LogP) is 1.94. The summed E-state index contributed by atoms with van der Waals surface area (Å²) in [6.07, 6.45) is 4.00. The lowest BCUT2D eigenvalue weighted by atomic mass is 10.1. The van der Waals surface area contributed by atoms with Crippen molar-refractivity contribution >= 4 is 21.8 Å². The van der Waals surface area contributed by atoms with Gasteiger partial charge in [0, 0.05) is 24.0 Å². The second-order valence-electron chi connectivity index (χ2n) is 4.53. The maximum atomic E-state index is 12.1. The average Bonchev–Trinajstić information content (AvgIpc) is 2.58. The van der Waals surface area contributed by atoms with Crippen molar-refractivity contribution < 1.29 is 9.53 Å². The molecule has 2 rings (SSSR count). The Kier molecular flexibility index (Phi) is 3.67. The van der Waals surface area contributed by atoms with Crippen LogP contribution >= 0.6 is 15.9 Å². The molecule has 2 aliphatic heterocycles. The van der Waals surface area contributed by atoms with Gasteiger partial charge in [-0.3, -0.25) is 4.79 Å². The molecule has 3 nitrogen and oxygen atoms in total. The van der Waals surface area contributed by atoms with Crippen molar-refractivity contribution in [2.24, 2.45) is 0 Å². The number of carbonyl (C=O) groups is 1. The first-order valence-electron chi connectivity index (χ1n) is 5.74. The maximum Gasteiger partial charge on any atom is 0.251 e. The van der Waals surface area contributed by atoms with Crippen LogP contribution in [0, 0.1) is 0 Å². The standard InChI is InChI=1S/C11H18BrNO2/c1-8-6-9(12)7-13(8)11(14)10-4-2-3-5-15-10/h8-10H,2-7H2,1H3. The molecule has 0 N–H and O–H groups in total. The quantitative estimate of drug-likeness (QED) is 0.685. The monoisotopic (exact) mass is 275 g/mol. The molecule has 86 valence electrons. The lowest BCUT2D eigenvalue weighted by molar-refractivity contribution is -0.147. The first-order chi connectivity index (χ1) is 7.18. The molecule has 1 amide bonds. The third kappa shape index (κ3) is 2.53. The van der Waals surface area contributed by atoms with E-state index in [1.807, 2.05) is 4.90 Å². The third-order valence-electron chi connectivity index (χ3n) is 3.26. The third-order valence-corrected chi connectivity index (χ3v) is 3.93. The normalized spacial score (nSPS) is 36.9. The molecule has 0 bridgehead atoms. The maximum absolute atomic E-state index is 12.1. The molecule has 2 aliphatic rings. The van der Waals surface area contributed by atoms with Crippen LogP contribution in [0.15, 0.2) is 0 Å². The van der Waals surface area contributed by atoms with Gasteiger partial charge in [0.1, 0.15) is 6.10 Å².